The highest BCUT2D eigenvalue weighted by Crippen LogP contribution is 2.28. The van der Waals surface area contributed by atoms with Crippen LogP contribution in [0, 0.1) is 6.92 Å². The number of carbonyl (C=O) groups is 1. The minimum Gasteiger partial charge on any atom is -0.385 e. The van der Waals surface area contributed by atoms with Gasteiger partial charge in [-0.05, 0) is 31.5 Å². The largest absolute Gasteiger partial charge is 0.385 e. The Morgan fingerprint density at radius 2 is 2.18 bits per heavy atom. The smallest absolute Gasteiger partial charge is 0.163 e. The summed E-state index contributed by atoms with van der Waals surface area (Å²) in [6.45, 7) is 3.32. The van der Waals surface area contributed by atoms with E-state index in [2.05, 4.69) is 9.97 Å². The van der Waals surface area contributed by atoms with Crippen molar-refractivity contribution in [2.24, 2.45) is 0 Å². The molecule has 0 unspecified atom stereocenters. The van der Waals surface area contributed by atoms with Crippen LogP contribution in [0.4, 0.5) is 5.82 Å². The summed E-state index contributed by atoms with van der Waals surface area (Å²) in [5, 5.41) is 0.402. The van der Waals surface area contributed by atoms with Crippen molar-refractivity contribution in [1.82, 2.24) is 9.97 Å². The van der Waals surface area contributed by atoms with Crippen LogP contribution in [0.25, 0.3) is 11.4 Å². The summed E-state index contributed by atoms with van der Waals surface area (Å²) in [5.41, 5.74) is 8.50. The Bertz CT molecular complexity index is 589. The highest BCUT2D eigenvalue weighted by Gasteiger charge is 2.17. The van der Waals surface area contributed by atoms with E-state index in [1.165, 1.54) is 6.92 Å². The fourth-order valence-corrected chi connectivity index (χ4v) is 2.04. The first-order valence-electron chi connectivity index (χ1n) is 5.12. The lowest BCUT2D eigenvalue weighted by atomic mass is 10.1. The van der Waals surface area contributed by atoms with Crippen molar-refractivity contribution in [2.75, 3.05) is 5.73 Å². The molecular weight excluding hydrogens is 238 g/mol. The van der Waals surface area contributed by atoms with E-state index in [1.54, 1.807) is 12.1 Å². The van der Waals surface area contributed by atoms with Crippen LogP contribution in [0.15, 0.2) is 18.2 Å². The summed E-state index contributed by atoms with van der Waals surface area (Å²) in [4.78, 5) is 18.6. The molecule has 0 bridgehead atoms. The second-order valence-electron chi connectivity index (χ2n) is 3.82. The molecule has 0 amide bonds. The van der Waals surface area contributed by atoms with Crippen LogP contribution >= 0.6 is 11.6 Å². The second kappa shape index (κ2) is 4.22. The maximum Gasteiger partial charge on any atom is 0.163 e. The van der Waals surface area contributed by atoms with E-state index in [-0.39, 0.29) is 5.78 Å². The van der Waals surface area contributed by atoms with Crippen LogP contribution in [0.5, 0.6) is 0 Å². The van der Waals surface area contributed by atoms with E-state index in [0.717, 1.165) is 11.3 Å². The maximum atomic E-state index is 11.5. The average Bonchev–Trinajstić information content (AvgIpc) is 2.54. The van der Waals surface area contributed by atoms with Gasteiger partial charge in [0.05, 0.1) is 17.0 Å². The van der Waals surface area contributed by atoms with E-state index in [1.807, 2.05) is 13.0 Å². The summed E-state index contributed by atoms with van der Waals surface area (Å²) in [6, 6.07) is 5.31. The van der Waals surface area contributed by atoms with Crippen molar-refractivity contribution in [3.8, 4) is 11.4 Å². The van der Waals surface area contributed by atoms with Gasteiger partial charge in [0.25, 0.3) is 0 Å². The molecule has 88 valence electrons. The van der Waals surface area contributed by atoms with Crippen LogP contribution in [0.2, 0.25) is 5.15 Å². The lowest BCUT2D eigenvalue weighted by molar-refractivity contribution is 0.101. The number of ketones is 1. The molecule has 0 saturated carbocycles. The molecule has 2 aromatic heterocycles. The molecule has 2 rings (SSSR count). The third-order valence-electron chi connectivity index (χ3n) is 2.60. The quantitative estimate of drug-likeness (QED) is 0.635. The van der Waals surface area contributed by atoms with Gasteiger partial charge < -0.3 is 10.7 Å². The van der Waals surface area contributed by atoms with Crippen LogP contribution in [0.1, 0.15) is 22.8 Å². The topological polar surface area (TPSA) is 71.8 Å². The second-order valence-corrected chi connectivity index (χ2v) is 4.20. The molecule has 0 atom stereocenters. The zero-order valence-electron chi connectivity index (χ0n) is 9.54. The number of hydrogen-bond acceptors (Lipinski definition) is 3. The van der Waals surface area contributed by atoms with Gasteiger partial charge in [-0.15, -0.1) is 0 Å². The number of aromatic amines is 1. The van der Waals surface area contributed by atoms with E-state index < -0.39 is 0 Å². The van der Waals surface area contributed by atoms with Crippen LogP contribution in [0.3, 0.4) is 0 Å². The molecule has 0 aliphatic carbocycles. The monoisotopic (exact) mass is 249 g/mol. The summed E-state index contributed by atoms with van der Waals surface area (Å²) < 4.78 is 0. The molecule has 0 fully saturated rings. The normalized spacial score (nSPS) is 10.5. The van der Waals surface area contributed by atoms with Gasteiger partial charge in [0.1, 0.15) is 11.0 Å². The Balaban J connectivity index is 2.62. The number of Topliss-reactive ketones (excluding diaryl/α,β-unsaturated/α-hetero) is 1. The number of nitrogens with zero attached hydrogens (tertiary/aromatic N) is 1. The molecule has 0 saturated heterocycles. The van der Waals surface area contributed by atoms with Crippen molar-refractivity contribution < 1.29 is 4.79 Å². The maximum absolute atomic E-state index is 11.5. The zero-order chi connectivity index (χ0) is 12.6. The van der Waals surface area contributed by atoms with Crippen LogP contribution < -0.4 is 5.73 Å². The van der Waals surface area contributed by atoms with Gasteiger partial charge in [-0.25, -0.2) is 4.98 Å². The van der Waals surface area contributed by atoms with Crippen LogP contribution in [-0.2, 0) is 0 Å². The first-order valence-corrected chi connectivity index (χ1v) is 5.50. The van der Waals surface area contributed by atoms with Gasteiger partial charge in [-0.2, -0.15) is 0 Å². The number of hydrogen-bond donors (Lipinski definition) is 2. The molecule has 0 radical (unpaired) electrons. The minimum absolute atomic E-state index is 0.0653. The first-order chi connectivity index (χ1) is 8.00. The molecule has 4 nitrogen and oxygen atoms in total. The minimum atomic E-state index is -0.0653. The van der Waals surface area contributed by atoms with Crippen molar-refractivity contribution in [1.29, 1.82) is 0 Å². The fourth-order valence-electron chi connectivity index (χ4n) is 1.88. The van der Waals surface area contributed by atoms with Crippen molar-refractivity contribution in [3.63, 3.8) is 0 Å². The molecule has 2 heterocycles. The molecule has 0 spiro atoms. The average molecular weight is 250 g/mol. The predicted octanol–water partition coefficient (Wildman–Crippen LogP) is 2.82. The zero-order valence-corrected chi connectivity index (χ0v) is 10.3. The number of H-pyrrole nitrogens is 1. The van der Waals surface area contributed by atoms with Gasteiger partial charge in [0.2, 0.25) is 0 Å². The molecule has 2 aromatic rings. The van der Waals surface area contributed by atoms with Crippen molar-refractivity contribution in [3.05, 3.63) is 34.5 Å². The first kappa shape index (κ1) is 11.7. The van der Waals surface area contributed by atoms with Gasteiger partial charge >= 0.3 is 0 Å². The summed E-state index contributed by atoms with van der Waals surface area (Å²) >= 11 is 5.83. The van der Waals surface area contributed by atoms with Gasteiger partial charge in [0.15, 0.2) is 5.78 Å². The lowest BCUT2D eigenvalue weighted by Crippen LogP contribution is -1.98. The fraction of sp³-hybridized carbons (Fsp3) is 0.167. The third-order valence-corrected chi connectivity index (χ3v) is 2.81. The molecule has 5 heteroatoms. The van der Waals surface area contributed by atoms with E-state index in [4.69, 9.17) is 17.3 Å². The number of carbonyl (C=O) groups excluding carboxylic acids is 1. The number of halogens is 1. The highest BCUT2D eigenvalue weighted by molar-refractivity contribution is 6.29. The van der Waals surface area contributed by atoms with Crippen LogP contribution in [-0.4, -0.2) is 15.8 Å². The number of nitrogen functional groups attached to an aromatic ring is 1. The Morgan fingerprint density at radius 3 is 2.71 bits per heavy atom. The van der Waals surface area contributed by atoms with E-state index in [0.29, 0.717) is 22.2 Å². The number of aromatic nitrogens is 2. The summed E-state index contributed by atoms with van der Waals surface area (Å²) in [5.74, 6) is 0.302. The number of rotatable bonds is 2. The van der Waals surface area contributed by atoms with E-state index in [9.17, 15) is 4.79 Å². The lowest BCUT2D eigenvalue weighted by Gasteiger charge is -2.00. The number of anilines is 1. The number of nitrogens with one attached hydrogen (secondary N) is 1. The van der Waals surface area contributed by atoms with Crippen molar-refractivity contribution >= 4 is 23.2 Å². The number of pyridine rings is 1. The molecule has 0 aliphatic rings. The molecule has 0 aliphatic heterocycles. The molecule has 0 aromatic carbocycles. The Labute approximate surface area is 104 Å². The molecule has 17 heavy (non-hydrogen) atoms. The number of nitrogens with two attached hydrogens (primary N) is 1. The molecule has 3 N–H and O–H groups in total. The van der Waals surface area contributed by atoms with E-state index >= 15 is 0 Å². The Morgan fingerprint density at radius 1 is 1.47 bits per heavy atom. The predicted molar refractivity (Wildman–Crippen MR) is 68.2 cm³/mol. The highest BCUT2D eigenvalue weighted by atomic mass is 35.5. The molecular formula is C12H12ClN3O. The Hall–Kier alpha value is -1.81. The summed E-state index contributed by atoms with van der Waals surface area (Å²) in [6.07, 6.45) is 0. The standard InChI is InChI=1S/C12H12ClN3O/c1-6-10(7(2)17)12(14)16-11(6)8-4-3-5-9(13)15-8/h3-5,16H,14H2,1-2H3. The summed E-state index contributed by atoms with van der Waals surface area (Å²) in [7, 11) is 0. The van der Waals surface area contributed by atoms with Gasteiger partial charge in [-0.3, -0.25) is 4.79 Å². The van der Waals surface area contributed by atoms with Crippen molar-refractivity contribution in [2.45, 2.75) is 13.8 Å². The SMILES string of the molecule is CC(=O)c1c(N)[nH]c(-c2cccc(Cl)n2)c1C. The third kappa shape index (κ3) is 2.03. The Kier molecular flexibility index (Phi) is 2.90. The van der Waals surface area contributed by atoms with Gasteiger partial charge in [-0.1, -0.05) is 17.7 Å². The van der Waals surface area contributed by atoms with Gasteiger partial charge in [0, 0.05) is 0 Å².